The van der Waals surface area contributed by atoms with E-state index in [1.807, 2.05) is 36.4 Å². The second kappa shape index (κ2) is 6.47. The predicted octanol–water partition coefficient (Wildman–Crippen LogP) is 1.82. The Labute approximate surface area is 139 Å². The van der Waals surface area contributed by atoms with Gasteiger partial charge >= 0.3 is 0 Å². The van der Waals surface area contributed by atoms with E-state index in [9.17, 15) is 14.0 Å². The molecule has 1 fully saturated rings. The molecule has 1 saturated heterocycles. The Bertz CT molecular complexity index is 793. The van der Waals surface area contributed by atoms with Crippen LogP contribution in [0.2, 0.25) is 0 Å². The molecular formula is C18H19FN2O3. The molecule has 1 aliphatic heterocycles. The van der Waals surface area contributed by atoms with Gasteiger partial charge in [0.25, 0.3) is 0 Å². The summed E-state index contributed by atoms with van der Waals surface area (Å²) in [5.74, 6) is -0.264. The van der Waals surface area contributed by atoms with Gasteiger partial charge in [-0.05, 0) is 28.5 Å². The highest BCUT2D eigenvalue weighted by Gasteiger charge is 2.38. The molecule has 3 rings (SSSR count). The summed E-state index contributed by atoms with van der Waals surface area (Å²) in [5, 5.41) is 1.88. The Hall–Kier alpha value is -2.63. The minimum atomic E-state index is -1.21. The van der Waals surface area contributed by atoms with Gasteiger partial charge in [-0.15, -0.1) is 0 Å². The molecule has 1 heterocycles. The van der Waals surface area contributed by atoms with Gasteiger partial charge in [0.1, 0.15) is 18.0 Å². The molecule has 126 valence electrons. The van der Waals surface area contributed by atoms with E-state index in [0.717, 1.165) is 16.3 Å². The molecule has 0 aromatic heterocycles. The molecule has 2 N–H and O–H groups in total. The summed E-state index contributed by atoms with van der Waals surface area (Å²) in [6.07, 6.45) is -1.15. The van der Waals surface area contributed by atoms with Crippen LogP contribution in [0.25, 0.3) is 10.8 Å². The highest BCUT2D eigenvalue weighted by molar-refractivity contribution is 5.93. The highest BCUT2D eigenvalue weighted by atomic mass is 19.1. The third-order valence-electron chi connectivity index (χ3n) is 4.42. The van der Waals surface area contributed by atoms with Crippen molar-refractivity contribution in [1.82, 2.24) is 4.90 Å². The number of methoxy groups -OCH3 is 1. The average molecular weight is 330 g/mol. The second-order valence-corrected chi connectivity index (χ2v) is 5.98. The fourth-order valence-electron chi connectivity index (χ4n) is 3.19. The van der Waals surface area contributed by atoms with Crippen LogP contribution in [-0.2, 0) is 16.0 Å². The van der Waals surface area contributed by atoms with Gasteiger partial charge in [-0.25, -0.2) is 4.39 Å². The van der Waals surface area contributed by atoms with Crippen LogP contribution in [0, 0.1) is 0 Å². The first-order valence-corrected chi connectivity index (χ1v) is 7.78. The number of amides is 2. The van der Waals surface area contributed by atoms with Crippen LogP contribution in [0.3, 0.4) is 0 Å². The number of primary amides is 1. The number of alkyl halides is 1. The Kier molecular flexibility index (Phi) is 4.38. The zero-order valence-corrected chi connectivity index (χ0v) is 13.4. The standard InChI is InChI=1S/C18H19FN2O3/c1-24-14-6-5-11-3-2-4-12(15(11)9-14)7-17(22)21-10-13(19)8-16(21)18(20)23/h2-6,9,13,16H,7-8,10H2,1H3,(H2,20,23)/t13-,16+/m1/s1. The summed E-state index contributed by atoms with van der Waals surface area (Å²) in [5.41, 5.74) is 6.10. The summed E-state index contributed by atoms with van der Waals surface area (Å²) in [7, 11) is 1.58. The number of carbonyl (C=O) groups is 2. The number of likely N-dealkylation sites (tertiary alicyclic amines) is 1. The lowest BCUT2D eigenvalue weighted by atomic mass is 10.0. The van der Waals surface area contributed by atoms with Gasteiger partial charge in [0.2, 0.25) is 11.8 Å². The Morgan fingerprint density at radius 2 is 2.12 bits per heavy atom. The molecule has 2 aromatic carbocycles. The van der Waals surface area contributed by atoms with E-state index < -0.39 is 18.1 Å². The number of rotatable bonds is 4. The highest BCUT2D eigenvalue weighted by Crippen LogP contribution is 2.26. The molecule has 1 aliphatic rings. The minimum absolute atomic E-state index is 0.0234. The van der Waals surface area contributed by atoms with Crippen LogP contribution >= 0.6 is 0 Å². The maximum atomic E-state index is 13.6. The molecule has 2 aromatic rings. The normalized spacial score (nSPS) is 20.3. The Morgan fingerprint density at radius 3 is 2.83 bits per heavy atom. The van der Waals surface area contributed by atoms with Crippen molar-refractivity contribution >= 4 is 22.6 Å². The number of nitrogens with two attached hydrogens (primary N) is 1. The number of hydrogen-bond acceptors (Lipinski definition) is 3. The number of benzene rings is 2. The summed E-state index contributed by atoms with van der Waals surface area (Å²) in [4.78, 5) is 25.3. The number of halogens is 1. The van der Waals surface area contributed by atoms with E-state index in [2.05, 4.69) is 0 Å². The number of ether oxygens (including phenoxy) is 1. The van der Waals surface area contributed by atoms with Gasteiger partial charge in [-0.3, -0.25) is 9.59 Å². The maximum absolute atomic E-state index is 13.6. The van der Waals surface area contributed by atoms with Crippen molar-refractivity contribution in [3.8, 4) is 5.75 Å². The smallest absolute Gasteiger partial charge is 0.240 e. The lowest BCUT2D eigenvalue weighted by Crippen LogP contribution is -2.44. The molecule has 0 bridgehead atoms. The zero-order valence-electron chi connectivity index (χ0n) is 13.4. The maximum Gasteiger partial charge on any atom is 0.240 e. The summed E-state index contributed by atoms with van der Waals surface area (Å²) < 4.78 is 18.9. The van der Waals surface area contributed by atoms with E-state index in [0.29, 0.717) is 5.75 Å². The Balaban J connectivity index is 1.89. The average Bonchev–Trinajstić information content (AvgIpc) is 2.97. The molecule has 5 nitrogen and oxygen atoms in total. The number of fused-ring (bicyclic) bond motifs is 1. The number of nitrogens with zero attached hydrogens (tertiary/aromatic N) is 1. The van der Waals surface area contributed by atoms with Crippen molar-refractivity contribution in [2.45, 2.75) is 25.1 Å². The molecule has 0 unspecified atom stereocenters. The molecule has 0 aliphatic carbocycles. The predicted molar refractivity (Wildman–Crippen MR) is 88.4 cm³/mol. The molecule has 2 amide bonds. The molecule has 0 saturated carbocycles. The first-order valence-electron chi connectivity index (χ1n) is 7.78. The summed E-state index contributed by atoms with van der Waals surface area (Å²) in [6, 6.07) is 10.4. The monoisotopic (exact) mass is 330 g/mol. The van der Waals surface area contributed by atoms with Crippen LogP contribution in [0.4, 0.5) is 4.39 Å². The van der Waals surface area contributed by atoms with Gasteiger partial charge in [0.15, 0.2) is 0 Å². The van der Waals surface area contributed by atoms with Crippen LogP contribution in [-0.4, -0.2) is 42.6 Å². The minimum Gasteiger partial charge on any atom is -0.497 e. The van der Waals surface area contributed by atoms with Crippen molar-refractivity contribution in [3.63, 3.8) is 0 Å². The molecule has 24 heavy (non-hydrogen) atoms. The summed E-state index contributed by atoms with van der Waals surface area (Å²) in [6.45, 7) is -0.0828. The van der Waals surface area contributed by atoms with Gasteiger partial charge in [-0.1, -0.05) is 24.3 Å². The SMILES string of the molecule is COc1ccc2cccc(CC(=O)N3C[C@H](F)C[C@H]3C(N)=O)c2c1. The van der Waals surface area contributed by atoms with Crippen molar-refractivity contribution in [3.05, 3.63) is 42.0 Å². The fraction of sp³-hybridized carbons (Fsp3) is 0.333. The second-order valence-electron chi connectivity index (χ2n) is 5.98. The van der Waals surface area contributed by atoms with Gasteiger partial charge in [-0.2, -0.15) is 0 Å². The number of carbonyl (C=O) groups excluding carboxylic acids is 2. The van der Waals surface area contributed by atoms with E-state index in [1.54, 1.807) is 7.11 Å². The van der Waals surface area contributed by atoms with Crippen LogP contribution in [0.15, 0.2) is 36.4 Å². The molecule has 0 spiro atoms. The van der Waals surface area contributed by atoms with E-state index in [4.69, 9.17) is 10.5 Å². The lowest BCUT2D eigenvalue weighted by molar-refractivity contribution is -0.136. The van der Waals surface area contributed by atoms with Crippen molar-refractivity contribution < 1.29 is 18.7 Å². The van der Waals surface area contributed by atoms with E-state index >= 15 is 0 Å². The van der Waals surface area contributed by atoms with Crippen LogP contribution < -0.4 is 10.5 Å². The molecular weight excluding hydrogens is 311 g/mol. The molecule has 6 heteroatoms. The van der Waals surface area contributed by atoms with Crippen LogP contribution in [0.5, 0.6) is 5.75 Å². The number of hydrogen-bond donors (Lipinski definition) is 1. The topological polar surface area (TPSA) is 72.6 Å². The first kappa shape index (κ1) is 16.2. The van der Waals surface area contributed by atoms with E-state index in [1.165, 1.54) is 4.90 Å². The Morgan fingerprint density at radius 1 is 1.33 bits per heavy atom. The van der Waals surface area contributed by atoms with E-state index in [-0.39, 0.29) is 25.3 Å². The largest absolute Gasteiger partial charge is 0.497 e. The molecule has 2 atom stereocenters. The molecule has 0 radical (unpaired) electrons. The van der Waals surface area contributed by atoms with Gasteiger partial charge in [0.05, 0.1) is 20.1 Å². The first-order chi connectivity index (χ1) is 11.5. The lowest BCUT2D eigenvalue weighted by Gasteiger charge is -2.22. The third kappa shape index (κ3) is 3.04. The van der Waals surface area contributed by atoms with Crippen molar-refractivity contribution in [2.75, 3.05) is 13.7 Å². The van der Waals surface area contributed by atoms with Gasteiger partial charge in [0, 0.05) is 6.42 Å². The van der Waals surface area contributed by atoms with Crippen molar-refractivity contribution in [2.24, 2.45) is 5.73 Å². The summed E-state index contributed by atoms with van der Waals surface area (Å²) >= 11 is 0. The van der Waals surface area contributed by atoms with Crippen LogP contribution in [0.1, 0.15) is 12.0 Å². The quantitative estimate of drug-likeness (QED) is 0.929. The fourth-order valence-corrected chi connectivity index (χ4v) is 3.19. The zero-order chi connectivity index (χ0) is 17.3. The van der Waals surface area contributed by atoms with Gasteiger partial charge < -0.3 is 15.4 Å². The van der Waals surface area contributed by atoms with Crippen molar-refractivity contribution in [1.29, 1.82) is 0 Å². The third-order valence-corrected chi connectivity index (χ3v) is 4.42.